The van der Waals surface area contributed by atoms with Crippen LogP contribution in [0.1, 0.15) is 83.2 Å². The van der Waals surface area contributed by atoms with E-state index < -0.39 is 41.3 Å². The minimum absolute atomic E-state index is 0.0578. The van der Waals surface area contributed by atoms with E-state index in [-0.39, 0.29) is 63.4 Å². The molecule has 3 atom stereocenters. The van der Waals surface area contributed by atoms with E-state index in [1.807, 2.05) is 24.4 Å². The number of benzene rings is 1. The molecule has 2 aliphatic heterocycles. The Hall–Kier alpha value is -5.44. The Bertz CT molecular complexity index is 2320. The van der Waals surface area contributed by atoms with Crippen LogP contribution >= 0.6 is 11.3 Å². The van der Waals surface area contributed by atoms with Gasteiger partial charge in [0, 0.05) is 92.2 Å². The van der Waals surface area contributed by atoms with Crippen molar-refractivity contribution in [2.75, 3.05) is 40.4 Å². The minimum Gasteiger partial charge on any atom is -0.465 e. The van der Waals surface area contributed by atoms with E-state index in [0.717, 1.165) is 44.0 Å². The van der Waals surface area contributed by atoms with Crippen LogP contribution in [0.4, 0.5) is 9.28 Å². The number of methoxy groups -OCH3 is 1. The summed E-state index contributed by atoms with van der Waals surface area (Å²) in [4.78, 5) is 67.3. The average molecular weight is 872 g/mol. The van der Waals surface area contributed by atoms with Crippen LogP contribution in [0.3, 0.4) is 0 Å². The summed E-state index contributed by atoms with van der Waals surface area (Å²) in [6.45, 7) is 13.1. The van der Waals surface area contributed by atoms with E-state index in [0.29, 0.717) is 30.1 Å². The lowest BCUT2D eigenvalue weighted by Gasteiger charge is -2.41. The molecule has 0 radical (unpaired) electrons. The molecule has 1 fully saturated rings. The molecule has 0 saturated carbocycles. The number of ether oxygens (including phenoxy) is 2. The van der Waals surface area contributed by atoms with Crippen LogP contribution in [0.5, 0.6) is 0 Å². The van der Waals surface area contributed by atoms with E-state index in [1.54, 1.807) is 27.2 Å². The SMILES string of the molecule is CCn1c(-c2cccnc2[C@H](C)OC)c2c3cc(ccc31)-c1csc(n1)C[C@H](NC(=O)C(C(C)C)N(C)C(=O)N1CC(C#N)C1)C(=O)N(NF)CCCCC(=O)OCC(C)(C)C2. The second-order valence-electron chi connectivity index (χ2n) is 17.4. The van der Waals surface area contributed by atoms with Gasteiger partial charge in [0.2, 0.25) is 5.91 Å². The number of hydrazine groups is 1. The van der Waals surface area contributed by atoms with E-state index in [4.69, 9.17) is 19.4 Å². The summed E-state index contributed by atoms with van der Waals surface area (Å²) in [6, 6.07) is 9.70. The number of carbonyl (C=O) groups excluding carboxylic acids is 4. The summed E-state index contributed by atoms with van der Waals surface area (Å²) < 4.78 is 28.4. The number of nitrogens with zero attached hydrogens (tertiary/aromatic N) is 7. The highest BCUT2D eigenvalue weighted by molar-refractivity contribution is 7.10. The smallest absolute Gasteiger partial charge is 0.320 e. The number of amides is 4. The van der Waals surface area contributed by atoms with Crippen molar-refractivity contribution in [1.29, 1.82) is 5.26 Å². The average Bonchev–Trinajstić information content (AvgIpc) is 3.82. The largest absolute Gasteiger partial charge is 0.465 e. The van der Waals surface area contributed by atoms with Gasteiger partial charge >= 0.3 is 12.0 Å². The predicted molar refractivity (Wildman–Crippen MR) is 234 cm³/mol. The number of hydrogen-bond acceptors (Lipinski definition) is 11. The van der Waals surface area contributed by atoms with Crippen molar-refractivity contribution >= 4 is 46.1 Å². The lowest BCUT2D eigenvalue weighted by Crippen LogP contribution is -2.61. The number of esters is 1. The molecule has 1 saturated heterocycles. The zero-order valence-corrected chi connectivity index (χ0v) is 37.7. The van der Waals surface area contributed by atoms with Crippen LogP contribution in [-0.2, 0) is 43.2 Å². The number of carbonyl (C=O) groups is 4. The van der Waals surface area contributed by atoms with Crippen molar-refractivity contribution in [2.45, 2.75) is 98.4 Å². The molecule has 4 bridgehead atoms. The van der Waals surface area contributed by atoms with Crippen molar-refractivity contribution in [3.05, 3.63) is 58.2 Å². The minimum atomic E-state index is -1.27. The summed E-state index contributed by atoms with van der Waals surface area (Å²) in [6.07, 6.45) is 2.65. The number of urea groups is 1. The van der Waals surface area contributed by atoms with Crippen LogP contribution < -0.4 is 11.0 Å². The van der Waals surface area contributed by atoms with E-state index >= 15 is 0 Å². The highest BCUT2D eigenvalue weighted by atomic mass is 32.1. The Morgan fingerprint density at radius 3 is 2.61 bits per heavy atom. The highest BCUT2D eigenvalue weighted by Gasteiger charge is 2.39. The number of cyclic esters (lactones) is 1. The normalized spacial score (nSPS) is 18.8. The maximum Gasteiger partial charge on any atom is 0.320 e. The molecule has 332 valence electrons. The Kier molecular flexibility index (Phi) is 14.7. The fourth-order valence-electron chi connectivity index (χ4n) is 8.40. The zero-order valence-electron chi connectivity index (χ0n) is 36.9. The molecule has 15 nitrogen and oxygen atoms in total. The molecule has 1 unspecified atom stereocenters. The van der Waals surface area contributed by atoms with Crippen molar-refractivity contribution in [3.63, 3.8) is 0 Å². The number of nitrogens with one attached hydrogen (secondary N) is 2. The van der Waals surface area contributed by atoms with E-state index in [2.05, 4.69) is 54.9 Å². The second kappa shape index (κ2) is 19.7. The van der Waals surface area contributed by atoms with Gasteiger partial charge in [0.25, 0.3) is 5.91 Å². The summed E-state index contributed by atoms with van der Waals surface area (Å²) >= 11 is 1.32. The van der Waals surface area contributed by atoms with Gasteiger partial charge in [-0.05, 0) is 68.9 Å². The molecule has 2 aliphatic rings. The zero-order chi connectivity index (χ0) is 44.9. The molecule has 5 heterocycles. The van der Waals surface area contributed by atoms with Crippen LogP contribution in [0, 0.1) is 28.6 Å². The first-order chi connectivity index (χ1) is 29.6. The van der Waals surface area contributed by atoms with Crippen LogP contribution in [0.2, 0.25) is 0 Å². The number of rotatable bonds is 9. The molecule has 6 rings (SSSR count). The van der Waals surface area contributed by atoms with E-state index in [1.165, 1.54) is 33.8 Å². The van der Waals surface area contributed by atoms with Gasteiger partial charge < -0.3 is 29.2 Å². The highest BCUT2D eigenvalue weighted by Crippen LogP contribution is 2.42. The maximum absolute atomic E-state index is 14.4. The third kappa shape index (κ3) is 9.93. The number of aromatic nitrogens is 3. The van der Waals surface area contributed by atoms with Crippen molar-refractivity contribution in [2.24, 2.45) is 17.3 Å². The second-order valence-corrected chi connectivity index (χ2v) is 18.3. The Morgan fingerprint density at radius 1 is 1.18 bits per heavy atom. The van der Waals surface area contributed by atoms with E-state index in [9.17, 15) is 28.9 Å². The number of nitriles is 1. The first-order valence-corrected chi connectivity index (χ1v) is 22.1. The van der Waals surface area contributed by atoms with Gasteiger partial charge in [0.05, 0.1) is 46.8 Å². The van der Waals surface area contributed by atoms with Gasteiger partial charge in [-0.25, -0.2) is 14.8 Å². The first kappa shape index (κ1) is 46.1. The fraction of sp³-hybridized carbons (Fsp3) is 0.533. The number of fused-ring (bicyclic) bond motifs is 4. The van der Waals surface area contributed by atoms with Crippen LogP contribution in [0.15, 0.2) is 41.9 Å². The number of thiazole rings is 1. The summed E-state index contributed by atoms with van der Waals surface area (Å²) in [5.41, 5.74) is 7.36. The monoisotopic (exact) mass is 871 g/mol. The van der Waals surface area contributed by atoms with Gasteiger partial charge in [-0.15, -0.1) is 15.8 Å². The standard InChI is InChI=1S/C45H58FN9O6S/c1-9-54-36-16-15-30-19-32(36)33(41(54)31-13-12-17-48-39(31)28(4)60-8)21-45(5,6)26-61-38(56)14-10-11-18-55(51-46)43(58)34(20-37-49-35(30)25-62-37)50-42(57)40(27(2)3)52(7)44(59)53-23-29(22-47)24-53/h12-13,15-17,19,25,27-29,34,40,51H,9-11,14,18,20-21,23-24,26H2,1-8H3,(H,50,57)/t28-,34-,40?/m0/s1. The topological polar surface area (TPSA) is 175 Å². The summed E-state index contributed by atoms with van der Waals surface area (Å²) in [5, 5.41) is 16.3. The van der Waals surface area contributed by atoms with Crippen molar-refractivity contribution in [3.8, 4) is 28.6 Å². The molecule has 4 amide bonds. The lowest BCUT2D eigenvalue weighted by atomic mass is 9.84. The Labute approximate surface area is 366 Å². The van der Waals surface area contributed by atoms with Crippen LogP contribution in [-0.4, -0.2) is 106 Å². The van der Waals surface area contributed by atoms with Gasteiger partial charge in [0.1, 0.15) is 12.1 Å². The van der Waals surface area contributed by atoms with Crippen molar-refractivity contribution in [1.82, 2.24) is 40.3 Å². The summed E-state index contributed by atoms with van der Waals surface area (Å²) in [5.74, 6) is -2.36. The molecular formula is C45H58FN9O6S. The molecular weight excluding hydrogens is 814 g/mol. The molecule has 1 aromatic carbocycles. The number of likely N-dealkylation sites (N-methyl/N-ethyl adjacent to an activating group) is 1. The fourth-order valence-corrected chi connectivity index (χ4v) is 9.25. The van der Waals surface area contributed by atoms with Crippen LogP contribution in [0.25, 0.3) is 33.4 Å². The lowest BCUT2D eigenvalue weighted by molar-refractivity contribution is -0.147. The predicted octanol–water partition coefficient (Wildman–Crippen LogP) is 6.63. The maximum atomic E-state index is 14.4. The molecule has 3 aromatic heterocycles. The molecule has 4 aromatic rings. The number of pyridine rings is 1. The van der Waals surface area contributed by atoms with Gasteiger partial charge in [-0.2, -0.15) is 5.26 Å². The number of aryl methyl sites for hydroxylation is 1. The molecule has 2 N–H and O–H groups in total. The van der Waals surface area contributed by atoms with Gasteiger partial charge in [-0.1, -0.05) is 39.4 Å². The number of likely N-dealkylation sites (tertiary alicyclic amines) is 1. The first-order valence-electron chi connectivity index (χ1n) is 21.2. The Morgan fingerprint density at radius 2 is 1.94 bits per heavy atom. The quantitative estimate of drug-likeness (QED) is 0.137. The third-order valence-corrected chi connectivity index (χ3v) is 12.6. The number of halogens is 1. The van der Waals surface area contributed by atoms with Crippen molar-refractivity contribution < 1.29 is 33.1 Å². The molecule has 0 aliphatic carbocycles. The molecule has 62 heavy (non-hydrogen) atoms. The summed E-state index contributed by atoms with van der Waals surface area (Å²) in [7, 11) is 3.19. The molecule has 17 heteroatoms. The van der Waals surface area contributed by atoms with Gasteiger partial charge in [0.15, 0.2) is 0 Å². The van der Waals surface area contributed by atoms with Gasteiger partial charge in [-0.3, -0.25) is 19.4 Å². The molecule has 0 spiro atoms. The number of hydrogen-bond donors (Lipinski definition) is 2. The third-order valence-electron chi connectivity index (χ3n) is 11.8. The Balaban J connectivity index is 1.41.